The molecule has 1 aromatic rings. The number of nitrogens with zero attached hydrogens (tertiary/aromatic N) is 3. The van der Waals surface area contributed by atoms with Crippen molar-refractivity contribution < 1.29 is 8.42 Å². The summed E-state index contributed by atoms with van der Waals surface area (Å²) in [5, 5.41) is 0.176. The third-order valence-electron chi connectivity index (χ3n) is 3.83. The highest BCUT2D eigenvalue weighted by molar-refractivity contribution is 7.89. The average molecular weight is 334 g/mol. The van der Waals surface area contributed by atoms with Crippen molar-refractivity contribution in [2.45, 2.75) is 23.8 Å². The van der Waals surface area contributed by atoms with E-state index in [1.54, 1.807) is 7.05 Å². The van der Waals surface area contributed by atoms with Crippen molar-refractivity contribution in [2.24, 2.45) is 5.84 Å². The molecule has 1 aliphatic heterocycles. The Hall–Kier alpha value is -0.930. The molecule has 9 heteroatoms. The van der Waals surface area contributed by atoms with Crippen molar-refractivity contribution in [3.05, 3.63) is 17.3 Å². The molecule has 0 saturated carbocycles. The Labute approximate surface area is 130 Å². The van der Waals surface area contributed by atoms with E-state index in [0.717, 1.165) is 25.9 Å². The lowest BCUT2D eigenvalue weighted by Crippen LogP contribution is -2.44. The number of halogens is 1. The van der Waals surface area contributed by atoms with Crippen LogP contribution < -0.4 is 11.3 Å². The molecule has 2 rings (SSSR count). The number of hydrogen-bond donors (Lipinski definition) is 2. The zero-order chi connectivity index (χ0) is 15.6. The van der Waals surface area contributed by atoms with Gasteiger partial charge in [0.15, 0.2) is 5.82 Å². The monoisotopic (exact) mass is 333 g/mol. The molecule has 0 unspecified atom stereocenters. The molecule has 21 heavy (non-hydrogen) atoms. The number of piperidine rings is 1. The number of hydrazine groups is 1. The van der Waals surface area contributed by atoms with E-state index in [2.05, 4.69) is 15.3 Å². The van der Waals surface area contributed by atoms with Crippen LogP contribution in [0.1, 0.15) is 12.8 Å². The van der Waals surface area contributed by atoms with Gasteiger partial charge in [0.05, 0.1) is 5.02 Å². The fraction of sp³-hybridized carbons (Fsp3) is 0.583. The van der Waals surface area contributed by atoms with Crippen LogP contribution in [0.25, 0.3) is 0 Å². The van der Waals surface area contributed by atoms with Crippen LogP contribution in [0.15, 0.2) is 17.2 Å². The minimum absolute atomic E-state index is 0.00251. The van der Waals surface area contributed by atoms with E-state index in [1.807, 2.05) is 7.05 Å². The number of pyridine rings is 1. The summed E-state index contributed by atoms with van der Waals surface area (Å²) in [6.45, 7) is 1.78. The van der Waals surface area contributed by atoms with Crippen LogP contribution in [0, 0.1) is 0 Å². The van der Waals surface area contributed by atoms with E-state index in [4.69, 9.17) is 17.4 Å². The van der Waals surface area contributed by atoms with E-state index >= 15 is 0 Å². The summed E-state index contributed by atoms with van der Waals surface area (Å²) in [5.41, 5.74) is 2.31. The van der Waals surface area contributed by atoms with Crippen molar-refractivity contribution >= 4 is 27.4 Å². The molecule has 1 aromatic heterocycles. The van der Waals surface area contributed by atoms with E-state index in [0.29, 0.717) is 0 Å². The molecule has 7 nitrogen and oxygen atoms in total. The lowest BCUT2D eigenvalue weighted by Gasteiger charge is -2.34. The molecule has 1 aliphatic rings. The van der Waals surface area contributed by atoms with E-state index in [-0.39, 0.29) is 21.8 Å². The number of hydrogen-bond acceptors (Lipinski definition) is 6. The summed E-state index contributed by atoms with van der Waals surface area (Å²) in [6, 6.07) is 1.36. The quantitative estimate of drug-likeness (QED) is 0.623. The SMILES string of the molecule is CN1CCC(N(C)S(=O)(=O)c2cnc(NN)c(Cl)c2)CC1. The first kappa shape index (κ1) is 16.4. The van der Waals surface area contributed by atoms with Crippen LogP contribution in [0.2, 0.25) is 5.02 Å². The molecule has 118 valence electrons. The Morgan fingerprint density at radius 1 is 1.48 bits per heavy atom. The first-order valence-corrected chi connectivity index (χ1v) is 8.47. The number of aromatic nitrogens is 1. The topological polar surface area (TPSA) is 91.6 Å². The highest BCUT2D eigenvalue weighted by atomic mass is 35.5. The number of nitrogens with one attached hydrogen (secondary N) is 1. The first-order chi connectivity index (χ1) is 9.86. The zero-order valence-corrected chi connectivity index (χ0v) is 13.7. The Morgan fingerprint density at radius 3 is 2.62 bits per heavy atom. The molecule has 1 fully saturated rings. The first-order valence-electron chi connectivity index (χ1n) is 6.65. The van der Waals surface area contributed by atoms with E-state index in [9.17, 15) is 8.42 Å². The molecular formula is C12H20ClN5O2S. The van der Waals surface area contributed by atoms with Crippen molar-refractivity contribution in [1.29, 1.82) is 0 Å². The highest BCUT2D eigenvalue weighted by Gasteiger charge is 2.30. The molecule has 0 bridgehead atoms. The maximum atomic E-state index is 12.6. The Kier molecular flexibility index (Phi) is 5.05. The number of likely N-dealkylation sites (tertiary alicyclic amines) is 1. The van der Waals surface area contributed by atoms with Crippen molar-refractivity contribution in [3.8, 4) is 0 Å². The van der Waals surface area contributed by atoms with Gasteiger partial charge < -0.3 is 10.3 Å². The number of sulfonamides is 1. The molecule has 1 saturated heterocycles. The van der Waals surface area contributed by atoms with Gasteiger partial charge in [-0.25, -0.2) is 19.2 Å². The maximum Gasteiger partial charge on any atom is 0.244 e. The van der Waals surface area contributed by atoms with Gasteiger partial charge in [0, 0.05) is 19.3 Å². The summed E-state index contributed by atoms with van der Waals surface area (Å²) >= 11 is 5.95. The standard InChI is InChI=1S/C12H20ClN5O2S/c1-17-5-3-9(4-6-17)18(2)21(19,20)10-7-11(13)12(16-14)15-8-10/h7-9H,3-6,14H2,1-2H3,(H,15,16). The lowest BCUT2D eigenvalue weighted by molar-refractivity contribution is 0.197. The van der Waals surface area contributed by atoms with Crippen LogP contribution in [0.3, 0.4) is 0 Å². The molecule has 0 atom stereocenters. The highest BCUT2D eigenvalue weighted by Crippen LogP contribution is 2.26. The third kappa shape index (κ3) is 3.46. The number of anilines is 1. The predicted molar refractivity (Wildman–Crippen MR) is 82.5 cm³/mol. The van der Waals surface area contributed by atoms with Gasteiger partial charge in [-0.15, -0.1) is 0 Å². The molecule has 0 aromatic carbocycles. The summed E-state index contributed by atoms with van der Waals surface area (Å²) in [4.78, 5) is 6.19. The maximum absolute atomic E-state index is 12.6. The second kappa shape index (κ2) is 6.45. The molecule has 0 aliphatic carbocycles. The van der Waals surface area contributed by atoms with Gasteiger partial charge >= 0.3 is 0 Å². The summed E-state index contributed by atoms with van der Waals surface area (Å²) in [5.74, 6) is 5.49. The van der Waals surface area contributed by atoms with Gasteiger partial charge in [-0.2, -0.15) is 4.31 Å². The van der Waals surface area contributed by atoms with Gasteiger partial charge in [-0.1, -0.05) is 11.6 Å². The minimum atomic E-state index is -3.60. The van der Waals surface area contributed by atoms with Crippen LogP contribution in [-0.4, -0.2) is 55.8 Å². The van der Waals surface area contributed by atoms with Gasteiger partial charge in [0.2, 0.25) is 10.0 Å². The summed E-state index contributed by atoms with van der Waals surface area (Å²) in [6.07, 6.45) is 2.90. The fourth-order valence-corrected chi connectivity index (χ4v) is 4.06. The van der Waals surface area contributed by atoms with Crippen LogP contribution in [0.4, 0.5) is 5.82 Å². The number of nitrogens with two attached hydrogens (primary N) is 1. The van der Waals surface area contributed by atoms with Crippen molar-refractivity contribution in [3.63, 3.8) is 0 Å². The Morgan fingerprint density at radius 2 is 2.10 bits per heavy atom. The molecule has 0 amide bonds. The smallest absolute Gasteiger partial charge is 0.244 e. The molecule has 2 heterocycles. The third-order valence-corrected chi connectivity index (χ3v) is 6.00. The van der Waals surface area contributed by atoms with Crippen LogP contribution >= 0.6 is 11.6 Å². The van der Waals surface area contributed by atoms with Crippen molar-refractivity contribution in [1.82, 2.24) is 14.2 Å². The van der Waals surface area contributed by atoms with Gasteiger partial charge in [0.1, 0.15) is 4.90 Å². The van der Waals surface area contributed by atoms with Gasteiger partial charge in [-0.05, 0) is 39.0 Å². The molecule has 0 radical (unpaired) electrons. The molecular weight excluding hydrogens is 314 g/mol. The molecule has 0 spiro atoms. The molecule has 3 N–H and O–H groups in total. The minimum Gasteiger partial charge on any atom is -0.307 e. The van der Waals surface area contributed by atoms with Gasteiger partial charge in [0.25, 0.3) is 0 Å². The second-order valence-corrected chi connectivity index (χ2v) is 7.61. The second-order valence-electron chi connectivity index (χ2n) is 5.20. The van der Waals surface area contributed by atoms with Crippen LogP contribution in [-0.2, 0) is 10.0 Å². The van der Waals surface area contributed by atoms with E-state index < -0.39 is 10.0 Å². The fourth-order valence-electron chi connectivity index (χ4n) is 2.39. The van der Waals surface area contributed by atoms with Crippen molar-refractivity contribution in [2.75, 3.05) is 32.6 Å². The number of rotatable bonds is 4. The Balaban J connectivity index is 2.22. The van der Waals surface area contributed by atoms with E-state index in [1.165, 1.54) is 16.6 Å². The average Bonchev–Trinajstić information content (AvgIpc) is 2.47. The zero-order valence-electron chi connectivity index (χ0n) is 12.1. The lowest BCUT2D eigenvalue weighted by atomic mass is 10.1. The summed E-state index contributed by atoms with van der Waals surface area (Å²) < 4.78 is 26.7. The summed E-state index contributed by atoms with van der Waals surface area (Å²) in [7, 11) is 0.0359. The van der Waals surface area contributed by atoms with Crippen LogP contribution in [0.5, 0.6) is 0 Å². The predicted octanol–water partition coefficient (Wildman–Crippen LogP) is 0.735. The van der Waals surface area contributed by atoms with Gasteiger partial charge in [-0.3, -0.25) is 0 Å². The normalized spacial score (nSPS) is 18.1. The number of nitrogen functional groups attached to an aromatic ring is 1. The largest absolute Gasteiger partial charge is 0.307 e. The Bertz CT molecular complexity index is 602.